The number of carbonyl (C=O) groups excluding carboxylic acids is 1. The summed E-state index contributed by atoms with van der Waals surface area (Å²) in [6, 6.07) is 14.0. The average molecular weight is 569 g/mol. The lowest BCUT2D eigenvalue weighted by molar-refractivity contribution is -0.116. The molecule has 3 N–H and O–H groups in total. The highest BCUT2D eigenvalue weighted by Gasteiger charge is 2.07. The third-order valence-corrected chi connectivity index (χ3v) is 4.67. The van der Waals surface area contributed by atoms with E-state index in [1.807, 2.05) is 51.1 Å². The fourth-order valence-corrected chi connectivity index (χ4v) is 3.07. The van der Waals surface area contributed by atoms with E-state index in [1.165, 1.54) is 0 Å². The molecular weight excluding hydrogens is 531 g/mol. The standard InChI is InChI=1S/C25H36N4O3.HI/c1-5-8-24(30)29-22-10-7-9-20(16-22)17-27-25(26-6-2)28-18-21-12-11-19(3)15-23(21)32-14-13-31-4;/h7,9-12,15-16H,5-6,8,13-14,17-18H2,1-4H3,(H,29,30)(H2,26,27,28);1H. The first-order chi connectivity index (χ1) is 15.5. The molecule has 0 spiro atoms. The van der Waals surface area contributed by atoms with Crippen LogP contribution < -0.4 is 20.7 Å². The monoisotopic (exact) mass is 568 g/mol. The first-order valence-corrected chi connectivity index (χ1v) is 11.2. The van der Waals surface area contributed by atoms with Gasteiger partial charge in [0, 0.05) is 37.9 Å². The van der Waals surface area contributed by atoms with E-state index < -0.39 is 0 Å². The molecule has 0 aliphatic rings. The number of benzene rings is 2. The van der Waals surface area contributed by atoms with Crippen molar-refractivity contribution in [3.05, 3.63) is 59.2 Å². The van der Waals surface area contributed by atoms with E-state index in [0.717, 1.165) is 47.1 Å². The number of amides is 1. The van der Waals surface area contributed by atoms with Crippen LogP contribution >= 0.6 is 24.0 Å². The van der Waals surface area contributed by atoms with Crippen LogP contribution in [0.5, 0.6) is 5.75 Å². The van der Waals surface area contributed by atoms with Crippen LogP contribution in [0.2, 0.25) is 0 Å². The average Bonchev–Trinajstić information content (AvgIpc) is 2.77. The van der Waals surface area contributed by atoms with Gasteiger partial charge in [-0.1, -0.05) is 31.2 Å². The Labute approximate surface area is 214 Å². The number of ether oxygens (including phenoxy) is 2. The third kappa shape index (κ3) is 10.9. The van der Waals surface area contributed by atoms with Crippen molar-refractivity contribution in [3.8, 4) is 5.75 Å². The van der Waals surface area contributed by atoms with Crippen molar-refractivity contribution < 1.29 is 14.3 Å². The minimum atomic E-state index is 0. The van der Waals surface area contributed by atoms with Gasteiger partial charge >= 0.3 is 0 Å². The lowest BCUT2D eigenvalue weighted by Crippen LogP contribution is -2.36. The Kier molecular flexibility index (Phi) is 14.2. The number of nitrogens with one attached hydrogen (secondary N) is 3. The van der Waals surface area contributed by atoms with Crippen molar-refractivity contribution in [2.75, 3.05) is 32.2 Å². The van der Waals surface area contributed by atoms with Crippen molar-refractivity contribution in [1.29, 1.82) is 0 Å². The van der Waals surface area contributed by atoms with E-state index in [2.05, 4.69) is 28.1 Å². The molecule has 0 radical (unpaired) electrons. The Morgan fingerprint density at radius 3 is 2.61 bits per heavy atom. The van der Waals surface area contributed by atoms with E-state index in [0.29, 0.717) is 32.7 Å². The van der Waals surface area contributed by atoms with Gasteiger partial charge in [-0.15, -0.1) is 24.0 Å². The zero-order valence-electron chi connectivity index (χ0n) is 20.1. The minimum Gasteiger partial charge on any atom is -0.491 e. The third-order valence-electron chi connectivity index (χ3n) is 4.67. The Morgan fingerprint density at radius 1 is 1.06 bits per heavy atom. The zero-order valence-corrected chi connectivity index (χ0v) is 22.4. The van der Waals surface area contributed by atoms with Crippen molar-refractivity contribution in [3.63, 3.8) is 0 Å². The molecule has 2 rings (SSSR count). The molecule has 7 nitrogen and oxygen atoms in total. The van der Waals surface area contributed by atoms with E-state index in [1.54, 1.807) is 7.11 Å². The normalized spacial score (nSPS) is 10.8. The number of anilines is 1. The number of halogens is 1. The maximum absolute atomic E-state index is 11.9. The van der Waals surface area contributed by atoms with Gasteiger partial charge in [-0.05, 0) is 49.6 Å². The molecule has 2 aromatic rings. The summed E-state index contributed by atoms with van der Waals surface area (Å²) >= 11 is 0. The molecule has 0 atom stereocenters. The highest BCUT2D eigenvalue weighted by molar-refractivity contribution is 14.0. The fraction of sp³-hybridized carbons (Fsp3) is 0.440. The second-order valence-electron chi connectivity index (χ2n) is 7.50. The van der Waals surface area contributed by atoms with Crippen LogP contribution in [0.15, 0.2) is 47.5 Å². The molecule has 0 fully saturated rings. The lowest BCUT2D eigenvalue weighted by atomic mass is 10.1. The van der Waals surface area contributed by atoms with Crippen LogP contribution in [0, 0.1) is 6.92 Å². The first-order valence-electron chi connectivity index (χ1n) is 11.2. The van der Waals surface area contributed by atoms with E-state index >= 15 is 0 Å². The Bertz CT molecular complexity index is 890. The molecule has 33 heavy (non-hydrogen) atoms. The first kappa shape index (κ1) is 28.7. The highest BCUT2D eigenvalue weighted by atomic mass is 127. The second-order valence-corrected chi connectivity index (χ2v) is 7.50. The molecule has 0 saturated carbocycles. The van der Waals surface area contributed by atoms with Gasteiger partial charge in [0.25, 0.3) is 0 Å². The van der Waals surface area contributed by atoms with Gasteiger partial charge < -0.3 is 25.4 Å². The number of methoxy groups -OCH3 is 1. The summed E-state index contributed by atoms with van der Waals surface area (Å²) in [6.45, 7) is 8.96. The van der Waals surface area contributed by atoms with Crippen LogP contribution in [0.4, 0.5) is 5.69 Å². The van der Waals surface area contributed by atoms with Gasteiger partial charge in [0.15, 0.2) is 5.96 Å². The van der Waals surface area contributed by atoms with Gasteiger partial charge in [-0.25, -0.2) is 4.99 Å². The number of rotatable bonds is 12. The number of hydrogen-bond donors (Lipinski definition) is 3. The molecule has 0 aliphatic carbocycles. The van der Waals surface area contributed by atoms with Gasteiger partial charge in [-0.3, -0.25) is 4.79 Å². The molecule has 182 valence electrons. The largest absolute Gasteiger partial charge is 0.491 e. The smallest absolute Gasteiger partial charge is 0.224 e. The maximum atomic E-state index is 11.9. The van der Waals surface area contributed by atoms with E-state index in [4.69, 9.17) is 14.5 Å². The zero-order chi connectivity index (χ0) is 23.2. The van der Waals surface area contributed by atoms with Crippen molar-refractivity contribution >= 4 is 41.5 Å². The summed E-state index contributed by atoms with van der Waals surface area (Å²) in [6.07, 6.45) is 1.35. The SMILES string of the molecule is CCCC(=O)Nc1cccc(CN=C(NCC)NCc2ccc(C)cc2OCCOC)c1.I. The quantitative estimate of drug-likeness (QED) is 0.151. The summed E-state index contributed by atoms with van der Waals surface area (Å²) in [5, 5.41) is 9.59. The summed E-state index contributed by atoms with van der Waals surface area (Å²) in [5.41, 5.74) is 4.02. The van der Waals surface area contributed by atoms with E-state index in [9.17, 15) is 4.79 Å². The molecule has 0 saturated heterocycles. The Balaban J connectivity index is 0.00000544. The summed E-state index contributed by atoms with van der Waals surface area (Å²) < 4.78 is 11.0. The van der Waals surface area contributed by atoms with Gasteiger partial charge in [-0.2, -0.15) is 0 Å². The molecule has 2 aromatic carbocycles. The number of nitrogens with zero attached hydrogens (tertiary/aromatic N) is 1. The fourth-order valence-electron chi connectivity index (χ4n) is 3.07. The number of guanidine groups is 1. The predicted octanol–water partition coefficient (Wildman–Crippen LogP) is 4.63. The minimum absolute atomic E-state index is 0. The predicted molar refractivity (Wildman–Crippen MR) is 146 cm³/mol. The number of aliphatic imine (C=N–C) groups is 1. The Hall–Kier alpha value is -2.33. The van der Waals surface area contributed by atoms with E-state index in [-0.39, 0.29) is 29.9 Å². The topological polar surface area (TPSA) is 84.0 Å². The van der Waals surface area contributed by atoms with Crippen LogP contribution in [-0.2, 0) is 22.6 Å². The molecule has 0 unspecified atom stereocenters. The maximum Gasteiger partial charge on any atom is 0.224 e. The van der Waals surface area contributed by atoms with Crippen LogP contribution in [0.25, 0.3) is 0 Å². The van der Waals surface area contributed by atoms with Crippen LogP contribution in [0.3, 0.4) is 0 Å². The highest BCUT2D eigenvalue weighted by Crippen LogP contribution is 2.20. The van der Waals surface area contributed by atoms with Crippen LogP contribution in [0.1, 0.15) is 43.4 Å². The second kappa shape index (κ2) is 16.3. The summed E-state index contributed by atoms with van der Waals surface area (Å²) in [5.74, 6) is 1.60. The van der Waals surface area contributed by atoms with Crippen LogP contribution in [-0.4, -0.2) is 38.7 Å². The molecule has 8 heteroatoms. The van der Waals surface area contributed by atoms with Crippen molar-refractivity contribution in [1.82, 2.24) is 10.6 Å². The molecule has 0 bridgehead atoms. The van der Waals surface area contributed by atoms with Gasteiger partial charge in [0.05, 0.1) is 13.2 Å². The molecular formula is C25H37IN4O3. The Morgan fingerprint density at radius 2 is 1.88 bits per heavy atom. The number of carbonyl (C=O) groups is 1. The number of aryl methyl sites for hydroxylation is 1. The molecule has 0 aromatic heterocycles. The summed E-state index contributed by atoms with van der Waals surface area (Å²) in [7, 11) is 1.66. The molecule has 1 amide bonds. The van der Waals surface area contributed by atoms with Crippen molar-refractivity contribution in [2.24, 2.45) is 4.99 Å². The van der Waals surface area contributed by atoms with Gasteiger partial charge in [0.1, 0.15) is 12.4 Å². The van der Waals surface area contributed by atoms with Gasteiger partial charge in [0.2, 0.25) is 5.91 Å². The number of hydrogen-bond acceptors (Lipinski definition) is 4. The van der Waals surface area contributed by atoms with Crippen molar-refractivity contribution in [2.45, 2.75) is 46.7 Å². The lowest BCUT2D eigenvalue weighted by Gasteiger charge is -2.15. The molecule has 0 heterocycles. The summed E-state index contributed by atoms with van der Waals surface area (Å²) in [4.78, 5) is 16.5. The molecule has 0 aliphatic heterocycles.